The van der Waals surface area contributed by atoms with Crippen molar-refractivity contribution in [3.8, 4) is 11.5 Å². The van der Waals surface area contributed by atoms with Crippen molar-refractivity contribution in [2.24, 2.45) is 0 Å². The van der Waals surface area contributed by atoms with Crippen LogP contribution in [0.15, 0.2) is 41.0 Å². The summed E-state index contributed by atoms with van der Waals surface area (Å²) in [5.74, 6) is 0.167. The van der Waals surface area contributed by atoms with Crippen molar-refractivity contribution in [1.29, 1.82) is 0 Å². The summed E-state index contributed by atoms with van der Waals surface area (Å²) in [7, 11) is 0. The molecule has 0 aliphatic rings. The van der Waals surface area contributed by atoms with Gasteiger partial charge in [0.25, 0.3) is 5.91 Å². The molecular weight excluding hydrogens is 256 g/mol. The summed E-state index contributed by atoms with van der Waals surface area (Å²) in [6, 6.07) is 9.41. The van der Waals surface area contributed by atoms with E-state index < -0.39 is 0 Å². The maximum Gasteiger partial charge on any atom is 0.273 e. The molecule has 2 aromatic rings. The fourth-order valence-corrected chi connectivity index (χ4v) is 1.86. The maximum absolute atomic E-state index is 12.0. The SMILES string of the molecule is CC(CCCO)NC(=O)c1coc(-c2ccccc2)n1. The lowest BCUT2D eigenvalue weighted by Crippen LogP contribution is -2.32. The van der Waals surface area contributed by atoms with E-state index in [-0.39, 0.29) is 24.2 Å². The normalized spacial score (nSPS) is 12.1. The first-order valence-electron chi connectivity index (χ1n) is 6.63. The topological polar surface area (TPSA) is 75.4 Å². The molecule has 0 aliphatic heterocycles. The van der Waals surface area contributed by atoms with Crippen LogP contribution < -0.4 is 5.32 Å². The summed E-state index contributed by atoms with van der Waals surface area (Å²) < 4.78 is 5.32. The van der Waals surface area contributed by atoms with Crippen molar-refractivity contribution >= 4 is 5.91 Å². The average molecular weight is 274 g/mol. The molecular formula is C15H18N2O3. The van der Waals surface area contributed by atoms with Gasteiger partial charge in [0.2, 0.25) is 5.89 Å². The summed E-state index contributed by atoms with van der Waals surface area (Å²) >= 11 is 0. The zero-order valence-corrected chi connectivity index (χ0v) is 11.4. The monoisotopic (exact) mass is 274 g/mol. The molecule has 2 N–H and O–H groups in total. The van der Waals surface area contributed by atoms with Gasteiger partial charge in [-0.15, -0.1) is 0 Å². The molecule has 106 valence electrons. The minimum Gasteiger partial charge on any atom is -0.444 e. The molecule has 0 bridgehead atoms. The lowest BCUT2D eigenvalue weighted by Gasteiger charge is -2.11. The summed E-state index contributed by atoms with van der Waals surface area (Å²) in [6.45, 7) is 2.02. The van der Waals surface area contributed by atoms with Crippen LogP contribution in [0.2, 0.25) is 0 Å². The van der Waals surface area contributed by atoms with Crippen molar-refractivity contribution < 1.29 is 14.3 Å². The van der Waals surface area contributed by atoms with Gasteiger partial charge >= 0.3 is 0 Å². The zero-order valence-electron chi connectivity index (χ0n) is 11.4. The molecule has 20 heavy (non-hydrogen) atoms. The van der Waals surface area contributed by atoms with Crippen LogP contribution in [-0.2, 0) is 0 Å². The fraction of sp³-hybridized carbons (Fsp3) is 0.333. The van der Waals surface area contributed by atoms with E-state index >= 15 is 0 Å². The van der Waals surface area contributed by atoms with E-state index in [2.05, 4.69) is 10.3 Å². The van der Waals surface area contributed by atoms with E-state index in [0.717, 1.165) is 12.0 Å². The molecule has 1 unspecified atom stereocenters. The van der Waals surface area contributed by atoms with Crippen LogP contribution in [0.5, 0.6) is 0 Å². The molecule has 0 saturated heterocycles. The number of aromatic nitrogens is 1. The van der Waals surface area contributed by atoms with Crippen molar-refractivity contribution in [3.63, 3.8) is 0 Å². The van der Waals surface area contributed by atoms with Gasteiger partial charge in [0, 0.05) is 18.2 Å². The second-order valence-electron chi connectivity index (χ2n) is 4.64. The van der Waals surface area contributed by atoms with Crippen LogP contribution in [0.4, 0.5) is 0 Å². The highest BCUT2D eigenvalue weighted by Gasteiger charge is 2.15. The van der Waals surface area contributed by atoms with Gasteiger partial charge < -0.3 is 14.8 Å². The number of aliphatic hydroxyl groups excluding tert-OH is 1. The van der Waals surface area contributed by atoms with Crippen LogP contribution in [-0.4, -0.2) is 28.6 Å². The predicted molar refractivity (Wildman–Crippen MR) is 75.2 cm³/mol. The van der Waals surface area contributed by atoms with Crippen molar-refractivity contribution in [2.45, 2.75) is 25.8 Å². The highest BCUT2D eigenvalue weighted by Crippen LogP contribution is 2.17. The smallest absolute Gasteiger partial charge is 0.273 e. The second kappa shape index (κ2) is 6.86. The number of hydrogen-bond acceptors (Lipinski definition) is 4. The predicted octanol–water partition coefficient (Wildman–Crippen LogP) is 2.23. The lowest BCUT2D eigenvalue weighted by atomic mass is 10.2. The molecule has 1 aromatic carbocycles. The van der Waals surface area contributed by atoms with E-state index in [1.807, 2.05) is 37.3 Å². The molecule has 1 aromatic heterocycles. The Morgan fingerprint density at radius 3 is 2.85 bits per heavy atom. The van der Waals surface area contributed by atoms with Gasteiger partial charge in [-0.1, -0.05) is 18.2 Å². The first-order valence-corrected chi connectivity index (χ1v) is 6.63. The summed E-state index contributed by atoms with van der Waals surface area (Å²) in [6.07, 6.45) is 2.75. The summed E-state index contributed by atoms with van der Waals surface area (Å²) in [5.41, 5.74) is 1.10. The number of nitrogens with one attached hydrogen (secondary N) is 1. The van der Waals surface area contributed by atoms with E-state index in [1.165, 1.54) is 6.26 Å². The van der Waals surface area contributed by atoms with Gasteiger partial charge in [-0.2, -0.15) is 0 Å². The third-order valence-electron chi connectivity index (χ3n) is 2.93. The Morgan fingerprint density at radius 2 is 2.15 bits per heavy atom. The highest BCUT2D eigenvalue weighted by atomic mass is 16.3. The number of amides is 1. The number of carbonyl (C=O) groups excluding carboxylic acids is 1. The molecule has 1 atom stereocenters. The first kappa shape index (κ1) is 14.3. The Labute approximate surface area is 117 Å². The molecule has 2 rings (SSSR count). The Morgan fingerprint density at radius 1 is 1.40 bits per heavy atom. The molecule has 1 heterocycles. The van der Waals surface area contributed by atoms with Crippen molar-refractivity contribution in [1.82, 2.24) is 10.3 Å². The van der Waals surface area contributed by atoms with Gasteiger partial charge in [0.05, 0.1) is 0 Å². The Balaban J connectivity index is 2.00. The van der Waals surface area contributed by atoms with Crippen molar-refractivity contribution in [3.05, 3.63) is 42.3 Å². The van der Waals surface area contributed by atoms with Crippen LogP contribution in [0.3, 0.4) is 0 Å². The van der Waals surface area contributed by atoms with Crippen LogP contribution >= 0.6 is 0 Å². The fourth-order valence-electron chi connectivity index (χ4n) is 1.86. The van der Waals surface area contributed by atoms with Gasteiger partial charge in [-0.05, 0) is 31.9 Å². The van der Waals surface area contributed by atoms with Crippen LogP contribution in [0.25, 0.3) is 11.5 Å². The van der Waals surface area contributed by atoms with Gasteiger partial charge in [0.15, 0.2) is 5.69 Å². The van der Waals surface area contributed by atoms with Gasteiger partial charge in [-0.25, -0.2) is 4.98 Å². The molecule has 1 amide bonds. The van der Waals surface area contributed by atoms with E-state index in [9.17, 15) is 4.79 Å². The Bertz CT molecular complexity index is 551. The standard InChI is InChI=1S/C15H18N2O3/c1-11(6-5-9-18)16-14(19)13-10-20-15(17-13)12-7-3-2-4-8-12/h2-4,7-8,10-11,18H,5-6,9H2,1H3,(H,16,19). The molecule has 0 fully saturated rings. The number of carbonyl (C=O) groups is 1. The average Bonchev–Trinajstić information content (AvgIpc) is 2.96. The first-order chi connectivity index (χ1) is 9.70. The zero-order chi connectivity index (χ0) is 14.4. The van der Waals surface area contributed by atoms with Gasteiger partial charge in [-0.3, -0.25) is 4.79 Å². The van der Waals surface area contributed by atoms with Gasteiger partial charge in [0.1, 0.15) is 6.26 Å². The molecule has 0 saturated carbocycles. The third-order valence-corrected chi connectivity index (χ3v) is 2.93. The largest absolute Gasteiger partial charge is 0.444 e. The molecule has 5 heteroatoms. The minimum atomic E-state index is -0.263. The minimum absolute atomic E-state index is 0.00785. The number of hydrogen-bond donors (Lipinski definition) is 2. The summed E-state index contributed by atoms with van der Waals surface area (Å²) in [5, 5.41) is 11.6. The molecule has 5 nitrogen and oxygen atoms in total. The third kappa shape index (κ3) is 3.68. The number of rotatable bonds is 6. The van der Waals surface area contributed by atoms with E-state index in [0.29, 0.717) is 12.3 Å². The second-order valence-corrected chi connectivity index (χ2v) is 4.64. The maximum atomic E-state index is 12.0. The quantitative estimate of drug-likeness (QED) is 0.847. The highest BCUT2D eigenvalue weighted by molar-refractivity contribution is 5.92. The van der Waals surface area contributed by atoms with E-state index in [4.69, 9.17) is 9.52 Å². The summed E-state index contributed by atoms with van der Waals surface area (Å²) in [4.78, 5) is 16.2. The molecule has 0 aliphatic carbocycles. The van der Waals surface area contributed by atoms with Crippen LogP contribution in [0, 0.1) is 0 Å². The number of oxazole rings is 1. The number of nitrogens with zero attached hydrogens (tertiary/aromatic N) is 1. The lowest BCUT2D eigenvalue weighted by molar-refractivity contribution is 0.0931. The van der Waals surface area contributed by atoms with Crippen molar-refractivity contribution in [2.75, 3.05) is 6.61 Å². The Hall–Kier alpha value is -2.14. The molecule has 0 spiro atoms. The number of benzene rings is 1. The number of aliphatic hydroxyl groups is 1. The van der Waals surface area contributed by atoms with E-state index in [1.54, 1.807) is 0 Å². The molecule has 0 radical (unpaired) electrons. The Kier molecular flexibility index (Phi) is 4.90. The van der Waals surface area contributed by atoms with Crippen LogP contribution in [0.1, 0.15) is 30.3 Å².